The van der Waals surface area contributed by atoms with Gasteiger partial charge in [0.1, 0.15) is 0 Å². The molecule has 2 aliphatic rings. The second kappa shape index (κ2) is 10.1. The molecule has 0 bridgehead atoms. The second-order valence-electron chi connectivity index (χ2n) is 8.27. The molecule has 33 heavy (non-hydrogen) atoms. The molecule has 1 aliphatic heterocycles. The van der Waals surface area contributed by atoms with Crippen LogP contribution in [0, 0.1) is 5.92 Å². The molecule has 1 N–H and O–H groups in total. The summed E-state index contributed by atoms with van der Waals surface area (Å²) in [6, 6.07) is 9.14. The standard InChI is InChI=1S/C26H32N2O5/c1-4-31-22-15-19(16-23(32-5-2)24(22)33-6-3)25(29)27-20-11-12-21-18(14-20)8-7-13-28(21)26(30)17-9-10-17/h11-12,14-17H,4-10,13H2,1-3H3,(H,27,29). The van der Waals surface area contributed by atoms with E-state index in [2.05, 4.69) is 5.32 Å². The minimum Gasteiger partial charge on any atom is -0.490 e. The largest absolute Gasteiger partial charge is 0.490 e. The van der Waals surface area contributed by atoms with E-state index >= 15 is 0 Å². The van der Waals surface area contributed by atoms with Gasteiger partial charge < -0.3 is 24.4 Å². The first-order valence-corrected chi connectivity index (χ1v) is 11.9. The van der Waals surface area contributed by atoms with Crippen molar-refractivity contribution in [2.45, 2.75) is 46.5 Å². The van der Waals surface area contributed by atoms with Crippen LogP contribution in [0.2, 0.25) is 0 Å². The second-order valence-corrected chi connectivity index (χ2v) is 8.27. The van der Waals surface area contributed by atoms with Crippen molar-refractivity contribution in [3.63, 3.8) is 0 Å². The Morgan fingerprint density at radius 3 is 2.24 bits per heavy atom. The highest BCUT2D eigenvalue weighted by Gasteiger charge is 2.35. The SMILES string of the molecule is CCOc1cc(C(=O)Nc2ccc3c(c2)CCCN3C(=O)C2CC2)cc(OCC)c1OCC. The molecule has 0 atom stereocenters. The van der Waals surface area contributed by atoms with Gasteiger partial charge in [0, 0.05) is 29.4 Å². The monoisotopic (exact) mass is 452 g/mol. The van der Waals surface area contributed by atoms with Crippen molar-refractivity contribution in [1.82, 2.24) is 0 Å². The first-order valence-electron chi connectivity index (χ1n) is 11.9. The van der Waals surface area contributed by atoms with Gasteiger partial charge in [0.15, 0.2) is 11.5 Å². The van der Waals surface area contributed by atoms with E-state index in [-0.39, 0.29) is 17.7 Å². The van der Waals surface area contributed by atoms with E-state index in [1.807, 2.05) is 43.9 Å². The van der Waals surface area contributed by atoms with Gasteiger partial charge in [-0.3, -0.25) is 9.59 Å². The molecule has 176 valence electrons. The lowest BCUT2D eigenvalue weighted by Gasteiger charge is -2.30. The molecule has 1 heterocycles. The number of fused-ring (bicyclic) bond motifs is 1. The average molecular weight is 453 g/mol. The van der Waals surface area contributed by atoms with Crippen LogP contribution in [-0.4, -0.2) is 38.2 Å². The number of hydrogen-bond donors (Lipinski definition) is 1. The Hall–Kier alpha value is -3.22. The van der Waals surface area contributed by atoms with Crippen LogP contribution in [0.3, 0.4) is 0 Å². The maximum atomic E-state index is 13.1. The fourth-order valence-corrected chi connectivity index (χ4v) is 4.18. The number of benzene rings is 2. The van der Waals surface area contributed by atoms with E-state index in [1.54, 1.807) is 12.1 Å². The lowest BCUT2D eigenvalue weighted by atomic mass is 10.00. The topological polar surface area (TPSA) is 77.1 Å². The molecule has 0 radical (unpaired) electrons. The van der Waals surface area contributed by atoms with Gasteiger partial charge in [-0.05, 0) is 82.3 Å². The molecule has 1 saturated carbocycles. The Bertz CT molecular complexity index is 1000. The molecule has 2 aromatic rings. The zero-order valence-electron chi connectivity index (χ0n) is 19.6. The molecule has 0 unspecified atom stereocenters. The summed E-state index contributed by atoms with van der Waals surface area (Å²) in [6.45, 7) is 7.76. The van der Waals surface area contributed by atoms with E-state index in [1.165, 1.54) is 0 Å². The molecule has 4 rings (SSSR count). The van der Waals surface area contributed by atoms with Crippen LogP contribution in [0.15, 0.2) is 30.3 Å². The zero-order chi connectivity index (χ0) is 23.4. The maximum absolute atomic E-state index is 13.1. The van der Waals surface area contributed by atoms with Gasteiger partial charge >= 0.3 is 0 Å². The third-order valence-corrected chi connectivity index (χ3v) is 5.82. The number of aryl methyl sites for hydroxylation is 1. The molecule has 0 saturated heterocycles. The van der Waals surface area contributed by atoms with Crippen molar-refractivity contribution in [3.05, 3.63) is 41.5 Å². The van der Waals surface area contributed by atoms with E-state index < -0.39 is 0 Å². The van der Waals surface area contributed by atoms with E-state index in [9.17, 15) is 9.59 Å². The van der Waals surface area contributed by atoms with E-state index in [4.69, 9.17) is 14.2 Å². The van der Waals surface area contributed by atoms with Gasteiger partial charge in [-0.25, -0.2) is 0 Å². The highest BCUT2D eigenvalue weighted by atomic mass is 16.5. The van der Waals surface area contributed by atoms with Crippen molar-refractivity contribution in [1.29, 1.82) is 0 Å². The molecular weight excluding hydrogens is 420 g/mol. The minimum atomic E-state index is -0.262. The Balaban J connectivity index is 1.57. The smallest absolute Gasteiger partial charge is 0.255 e. The molecule has 7 heteroatoms. The fourth-order valence-electron chi connectivity index (χ4n) is 4.18. The summed E-state index contributed by atoms with van der Waals surface area (Å²) in [5, 5.41) is 2.98. The Morgan fingerprint density at radius 2 is 1.64 bits per heavy atom. The predicted molar refractivity (Wildman–Crippen MR) is 128 cm³/mol. The number of hydrogen-bond acceptors (Lipinski definition) is 5. The van der Waals surface area contributed by atoms with Gasteiger partial charge in [-0.2, -0.15) is 0 Å². The molecule has 0 aromatic heterocycles. The van der Waals surface area contributed by atoms with Gasteiger partial charge in [-0.15, -0.1) is 0 Å². The lowest BCUT2D eigenvalue weighted by Crippen LogP contribution is -2.36. The van der Waals surface area contributed by atoms with Gasteiger partial charge in [0.2, 0.25) is 11.7 Å². The summed E-state index contributed by atoms with van der Waals surface area (Å²) in [5.41, 5.74) is 3.18. The summed E-state index contributed by atoms with van der Waals surface area (Å²) < 4.78 is 17.2. The first-order chi connectivity index (χ1) is 16.0. The van der Waals surface area contributed by atoms with Gasteiger partial charge in [-0.1, -0.05) is 0 Å². The third-order valence-electron chi connectivity index (χ3n) is 5.82. The number of ether oxygens (including phenoxy) is 3. The molecule has 1 fully saturated rings. The van der Waals surface area contributed by atoms with Crippen molar-refractivity contribution in [2.24, 2.45) is 5.92 Å². The summed E-state index contributed by atoms with van der Waals surface area (Å²) >= 11 is 0. The molecular formula is C26H32N2O5. The average Bonchev–Trinajstić information content (AvgIpc) is 3.66. The van der Waals surface area contributed by atoms with Crippen LogP contribution >= 0.6 is 0 Å². The number of anilines is 2. The summed E-state index contributed by atoms with van der Waals surface area (Å²) in [6.07, 6.45) is 3.80. The number of rotatable bonds is 9. The third kappa shape index (κ3) is 5.07. The van der Waals surface area contributed by atoms with Crippen molar-refractivity contribution >= 4 is 23.2 Å². The molecule has 1 aliphatic carbocycles. The Kier molecular flexibility index (Phi) is 7.06. The van der Waals surface area contributed by atoms with Gasteiger partial charge in [0.05, 0.1) is 19.8 Å². The van der Waals surface area contributed by atoms with Crippen LogP contribution in [-0.2, 0) is 11.2 Å². The maximum Gasteiger partial charge on any atom is 0.255 e. The Labute approximate surface area is 195 Å². The van der Waals surface area contributed by atoms with Crippen molar-refractivity contribution < 1.29 is 23.8 Å². The summed E-state index contributed by atoms with van der Waals surface area (Å²) in [7, 11) is 0. The quantitative estimate of drug-likeness (QED) is 0.590. The minimum absolute atomic E-state index is 0.189. The normalized spacial score (nSPS) is 14.9. The summed E-state index contributed by atoms with van der Waals surface area (Å²) in [4.78, 5) is 27.7. The molecule has 0 spiro atoms. The van der Waals surface area contributed by atoms with Crippen LogP contribution in [0.5, 0.6) is 17.2 Å². The first kappa shape index (κ1) is 23.0. The fraction of sp³-hybridized carbons (Fsp3) is 0.462. The number of nitrogens with one attached hydrogen (secondary N) is 1. The number of nitrogens with zero attached hydrogens (tertiary/aromatic N) is 1. The van der Waals surface area contributed by atoms with Crippen LogP contribution < -0.4 is 24.4 Å². The lowest BCUT2D eigenvalue weighted by molar-refractivity contribution is -0.119. The van der Waals surface area contributed by atoms with E-state index in [0.717, 1.165) is 43.5 Å². The van der Waals surface area contributed by atoms with Gasteiger partial charge in [0.25, 0.3) is 5.91 Å². The van der Waals surface area contributed by atoms with Crippen LogP contribution in [0.4, 0.5) is 11.4 Å². The number of carbonyl (C=O) groups excluding carboxylic acids is 2. The van der Waals surface area contributed by atoms with Crippen molar-refractivity contribution in [3.8, 4) is 17.2 Å². The number of carbonyl (C=O) groups is 2. The molecule has 2 amide bonds. The van der Waals surface area contributed by atoms with Crippen LogP contribution in [0.1, 0.15) is 56.0 Å². The number of amides is 2. The Morgan fingerprint density at radius 1 is 0.970 bits per heavy atom. The van der Waals surface area contributed by atoms with E-state index in [0.29, 0.717) is 48.3 Å². The highest BCUT2D eigenvalue weighted by molar-refractivity contribution is 6.05. The summed E-state index contributed by atoms with van der Waals surface area (Å²) in [5.74, 6) is 1.63. The van der Waals surface area contributed by atoms with Crippen molar-refractivity contribution in [2.75, 3.05) is 36.6 Å². The van der Waals surface area contributed by atoms with Crippen LogP contribution in [0.25, 0.3) is 0 Å². The molecule has 7 nitrogen and oxygen atoms in total. The highest BCUT2D eigenvalue weighted by Crippen LogP contribution is 2.40. The zero-order valence-corrected chi connectivity index (χ0v) is 19.6. The molecule has 2 aromatic carbocycles. The predicted octanol–water partition coefficient (Wildman–Crippen LogP) is 4.82.